The van der Waals surface area contributed by atoms with E-state index in [4.69, 9.17) is 4.74 Å². The van der Waals surface area contributed by atoms with E-state index in [1.165, 1.54) is 32.7 Å². The maximum absolute atomic E-state index is 11.5. The molecule has 0 aromatic rings. The summed E-state index contributed by atoms with van der Waals surface area (Å²) in [4.78, 5) is 2.37. The summed E-state index contributed by atoms with van der Waals surface area (Å²) in [7, 11) is 0.537. The summed E-state index contributed by atoms with van der Waals surface area (Å²) in [6.45, 7) is 3.71. The molecule has 0 aliphatic heterocycles. The number of nitrogens with one attached hydrogen (secondary N) is 1. The van der Waals surface area contributed by atoms with E-state index in [2.05, 4.69) is 23.6 Å². The van der Waals surface area contributed by atoms with Crippen molar-refractivity contribution in [2.75, 3.05) is 33.0 Å². The molecule has 2 fully saturated rings. The lowest BCUT2D eigenvalue weighted by molar-refractivity contribution is -0.160. The first-order chi connectivity index (χ1) is 9.95. The van der Waals surface area contributed by atoms with E-state index in [1.807, 2.05) is 0 Å². The van der Waals surface area contributed by atoms with Gasteiger partial charge in [0.1, 0.15) is 0 Å². The minimum Gasteiger partial charge on any atom is -0.378 e. The average Bonchev–Trinajstić information content (AvgIpc) is 2.95. The summed E-state index contributed by atoms with van der Waals surface area (Å²) < 4.78 is 31.3. The van der Waals surface area contributed by atoms with Crippen molar-refractivity contribution in [3.05, 3.63) is 0 Å². The third kappa shape index (κ3) is 3.60. The molecule has 0 amide bonds. The fourth-order valence-corrected chi connectivity index (χ4v) is 4.94. The molecule has 6 heteroatoms. The molecule has 0 saturated heterocycles. The second-order valence-electron chi connectivity index (χ2n) is 6.49. The second-order valence-corrected chi connectivity index (χ2v) is 8.54. The fraction of sp³-hybridized carbons (Fsp3) is 1.00. The van der Waals surface area contributed by atoms with Crippen molar-refractivity contribution in [3.63, 3.8) is 0 Å². The fourth-order valence-electron chi connectivity index (χ4n) is 4.23. The third-order valence-electron chi connectivity index (χ3n) is 5.41. The Hall–Kier alpha value is -0.170. The van der Waals surface area contributed by atoms with Gasteiger partial charge in [-0.15, -0.1) is 0 Å². The Morgan fingerprint density at radius 1 is 1.33 bits per heavy atom. The van der Waals surface area contributed by atoms with E-state index >= 15 is 0 Å². The van der Waals surface area contributed by atoms with E-state index in [1.54, 1.807) is 0 Å². The Balaban J connectivity index is 1.86. The first-order valence-electron chi connectivity index (χ1n) is 8.18. The van der Waals surface area contributed by atoms with Crippen molar-refractivity contribution in [2.45, 2.75) is 57.6 Å². The highest BCUT2D eigenvalue weighted by molar-refractivity contribution is 7.89. The number of sulfonamides is 1. The van der Waals surface area contributed by atoms with Crippen molar-refractivity contribution >= 4 is 10.0 Å². The van der Waals surface area contributed by atoms with Gasteiger partial charge in [0.15, 0.2) is 0 Å². The van der Waals surface area contributed by atoms with Gasteiger partial charge in [-0.25, -0.2) is 13.1 Å². The predicted octanol–water partition coefficient (Wildman–Crippen LogP) is 1.60. The molecule has 2 rings (SSSR count). The number of hydrogen-bond donors (Lipinski definition) is 1. The summed E-state index contributed by atoms with van der Waals surface area (Å²) in [6, 6.07) is 0.564. The number of ether oxygens (including phenoxy) is 1. The zero-order valence-corrected chi connectivity index (χ0v) is 14.4. The van der Waals surface area contributed by atoms with Crippen molar-refractivity contribution in [1.82, 2.24) is 9.62 Å². The van der Waals surface area contributed by atoms with Gasteiger partial charge in [-0.05, 0) is 53.2 Å². The Labute approximate surface area is 129 Å². The maximum atomic E-state index is 11.5. The Morgan fingerprint density at radius 3 is 2.57 bits per heavy atom. The maximum Gasteiger partial charge on any atom is 0.211 e. The highest BCUT2D eigenvalue weighted by atomic mass is 32.2. The van der Waals surface area contributed by atoms with E-state index in [-0.39, 0.29) is 5.75 Å². The van der Waals surface area contributed by atoms with E-state index in [0.29, 0.717) is 24.0 Å². The predicted molar refractivity (Wildman–Crippen MR) is 84.8 cm³/mol. The van der Waals surface area contributed by atoms with Crippen LogP contribution < -0.4 is 4.72 Å². The van der Waals surface area contributed by atoms with Crippen LogP contribution in [0.2, 0.25) is 0 Å². The molecule has 0 unspecified atom stereocenters. The van der Waals surface area contributed by atoms with Gasteiger partial charge in [0.2, 0.25) is 10.0 Å². The molecular formula is C15H30N2O3S. The van der Waals surface area contributed by atoms with Crippen LogP contribution in [0.25, 0.3) is 0 Å². The van der Waals surface area contributed by atoms with Crippen LogP contribution in [0.15, 0.2) is 0 Å². The standard InChI is InChI=1S/C15H30N2O3S/c1-4-20-14-12-13(15(14)8-5-6-9-15)17(3)10-7-11-21(18,19)16-2/h13-14,16H,4-12H2,1-3H3/t13-,14+/m0/s1. The van der Waals surface area contributed by atoms with Crippen LogP contribution in [0.4, 0.5) is 0 Å². The molecule has 1 spiro atoms. The zero-order chi connectivity index (χ0) is 15.5. The Kier molecular flexibility index (Phi) is 5.68. The molecule has 2 aliphatic rings. The number of hydrogen-bond acceptors (Lipinski definition) is 4. The number of nitrogens with zero attached hydrogens (tertiary/aromatic N) is 1. The highest BCUT2D eigenvalue weighted by Gasteiger charge is 2.57. The van der Waals surface area contributed by atoms with Gasteiger partial charge in [-0.3, -0.25) is 0 Å². The summed E-state index contributed by atoms with van der Waals surface area (Å²) in [5.41, 5.74) is 0.340. The molecule has 5 nitrogen and oxygen atoms in total. The van der Waals surface area contributed by atoms with Gasteiger partial charge in [-0.2, -0.15) is 0 Å². The normalized spacial score (nSPS) is 28.2. The molecular weight excluding hydrogens is 288 g/mol. The van der Waals surface area contributed by atoms with Crippen LogP contribution >= 0.6 is 0 Å². The molecule has 0 radical (unpaired) electrons. The van der Waals surface area contributed by atoms with Gasteiger partial charge in [-0.1, -0.05) is 12.8 Å². The highest BCUT2D eigenvalue weighted by Crippen LogP contribution is 2.56. The van der Waals surface area contributed by atoms with Crippen LogP contribution in [0.5, 0.6) is 0 Å². The van der Waals surface area contributed by atoms with Crippen LogP contribution in [0.3, 0.4) is 0 Å². The lowest BCUT2D eigenvalue weighted by atomic mass is 9.60. The zero-order valence-electron chi connectivity index (χ0n) is 13.6. The van der Waals surface area contributed by atoms with Crippen molar-refractivity contribution in [2.24, 2.45) is 5.41 Å². The van der Waals surface area contributed by atoms with Crippen molar-refractivity contribution in [3.8, 4) is 0 Å². The molecule has 0 bridgehead atoms. The molecule has 0 heterocycles. The van der Waals surface area contributed by atoms with Crippen molar-refractivity contribution in [1.29, 1.82) is 0 Å². The van der Waals surface area contributed by atoms with Crippen LogP contribution in [-0.4, -0.2) is 58.5 Å². The summed E-state index contributed by atoms with van der Waals surface area (Å²) in [5, 5.41) is 0. The summed E-state index contributed by atoms with van der Waals surface area (Å²) in [5.74, 6) is 0.211. The molecule has 21 heavy (non-hydrogen) atoms. The average molecular weight is 318 g/mol. The molecule has 124 valence electrons. The van der Waals surface area contributed by atoms with Crippen molar-refractivity contribution < 1.29 is 13.2 Å². The smallest absolute Gasteiger partial charge is 0.211 e. The van der Waals surface area contributed by atoms with Gasteiger partial charge in [0.05, 0.1) is 11.9 Å². The van der Waals surface area contributed by atoms with Gasteiger partial charge in [0.25, 0.3) is 0 Å². The van der Waals surface area contributed by atoms with E-state index < -0.39 is 10.0 Å². The van der Waals surface area contributed by atoms with Gasteiger partial charge < -0.3 is 9.64 Å². The minimum atomic E-state index is -3.08. The Bertz CT molecular complexity index is 432. The topological polar surface area (TPSA) is 58.6 Å². The van der Waals surface area contributed by atoms with E-state index in [0.717, 1.165) is 19.6 Å². The quantitative estimate of drug-likeness (QED) is 0.738. The van der Waals surface area contributed by atoms with Gasteiger partial charge in [0, 0.05) is 18.1 Å². The molecule has 1 N–H and O–H groups in total. The van der Waals surface area contributed by atoms with Crippen LogP contribution in [0.1, 0.15) is 45.4 Å². The van der Waals surface area contributed by atoms with Crippen LogP contribution in [-0.2, 0) is 14.8 Å². The molecule has 0 aromatic heterocycles. The third-order valence-corrected chi connectivity index (χ3v) is 6.86. The molecule has 0 aromatic carbocycles. The first kappa shape index (κ1) is 17.2. The SMILES string of the molecule is CCO[C@@H]1C[C@H](N(C)CCCS(=O)(=O)NC)C12CCCC2. The lowest BCUT2D eigenvalue weighted by Gasteiger charge is -2.57. The summed E-state index contributed by atoms with van der Waals surface area (Å²) >= 11 is 0. The molecule has 2 saturated carbocycles. The lowest BCUT2D eigenvalue weighted by Crippen LogP contribution is -2.63. The second kappa shape index (κ2) is 6.94. The number of rotatable bonds is 8. The Morgan fingerprint density at radius 2 is 2.00 bits per heavy atom. The first-order valence-corrected chi connectivity index (χ1v) is 9.83. The minimum absolute atomic E-state index is 0.211. The molecule has 2 atom stereocenters. The monoisotopic (exact) mass is 318 g/mol. The summed E-state index contributed by atoms with van der Waals surface area (Å²) in [6.07, 6.45) is 7.35. The van der Waals surface area contributed by atoms with Crippen LogP contribution in [0, 0.1) is 5.41 Å². The largest absolute Gasteiger partial charge is 0.378 e. The van der Waals surface area contributed by atoms with E-state index in [9.17, 15) is 8.42 Å². The molecule has 2 aliphatic carbocycles. The van der Waals surface area contributed by atoms with Gasteiger partial charge >= 0.3 is 0 Å².